The number of ketones is 1. The van der Waals surface area contributed by atoms with Gasteiger partial charge in [0.05, 0.1) is 24.2 Å². The SMILES string of the molecule is CC[C@H]1C[C@H]2OC[C@@]2(OC(C)=O)C2[C@H](OC(=O)c3ccccc3)[C@]3(O)C[C@H](O)C(C)=C([C@@H](C)C(=O)[C@@]21C)C3(C)C.CC[Si](=O)CC. The molecule has 4 aliphatic rings. The highest BCUT2D eigenvalue weighted by Crippen LogP contribution is 2.66. The molecule has 1 aromatic rings. The summed E-state index contributed by atoms with van der Waals surface area (Å²) in [6.45, 7) is 16.5. The predicted octanol–water partition coefficient (Wildman–Crippen LogP) is 5.47. The molecule has 0 spiro atoms. The van der Waals surface area contributed by atoms with Crippen molar-refractivity contribution in [2.75, 3.05) is 6.61 Å². The van der Waals surface area contributed by atoms with Crippen molar-refractivity contribution in [2.24, 2.45) is 28.6 Å². The van der Waals surface area contributed by atoms with Crippen molar-refractivity contribution in [3.63, 3.8) is 0 Å². The zero-order valence-corrected chi connectivity index (χ0v) is 29.8. The molecule has 0 aromatic heterocycles. The van der Waals surface area contributed by atoms with Gasteiger partial charge < -0.3 is 28.9 Å². The van der Waals surface area contributed by atoms with Crippen LogP contribution in [0.3, 0.4) is 0 Å². The van der Waals surface area contributed by atoms with Crippen LogP contribution in [0.2, 0.25) is 12.1 Å². The number of esters is 2. The third kappa shape index (κ3) is 5.56. The second-order valence-electron chi connectivity index (χ2n) is 14.3. The van der Waals surface area contributed by atoms with Crippen LogP contribution in [0.1, 0.15) is 91.9 Å². The van der Waals surface area contributed by atoms with Gasteiger partial charge in [-0.1, -0.05) is 73.1 Å². The van der Waals surface area contributed by atoms with E-state index in [4.69, 9.17) is 14.2 Å². The number of rotatable bonds is 6. The summed E-state index contributed by atoms with van der Waals surface area (Å²) in [7, 11) is -1.12. The first kappa shape index (κ1) is 36.3. The van der Waals surface area contributed by atoms with Gasteiger partial charge in [0.25, 0.3) is 8.68 Å². The van der Waals surface area contributed by atoms with Crippen LogP contribution in [0.4, 0.5) is 0 Å². The number of aliphatic hydroxyl groups excluding tert-OH is 1. The molecule has 9 atom stereocenters. The summed E-state index contributed by atoms with van der Waals surface area (Å²) in [5.41, 5.74) is -3.66. The van der Waals surface area contributed by atoms with E-state index in [-0.39, 0.29) is 24.7 Å². The van der Waals surface area contributed by atoms with Crippen molar-refractivity contribution in [1.82, 2.24) is 0 Å². The van der Waals surface area contributed by atoms with Crippen LogP contribution in [-0.2, 0) is 28.3 Å². The molecule has 1 aliphatic heterocycles. The minimum atomic E-state index is -1.80. The third-order valence-corrected chi connectivity index (χ3v) is 13.3. The number of carbonyl (C=O) groups is 3. The smallest absolute Gasteiger partial charge is 0.338 e. The van der Waals surface area contributed by atoms with E-state index in [2.05, 4.69) is 0 Å². The zero-order valence-electron chi connectivity index (χ0n) is 28.8. The quantitative estimate of drug-likeness (QED) is 0.232. The van der Waals surface area contributed by atoms with Crippen LogP contribution in [0.25, 0.3) is 0 Å². The van der Waals surface area contributed by atoms with Crippen molar-refractivity contribution >= 4 is 26.4 Å². The Hall–Kier alpha value is -2.53. The molecule has 3 fully saturated rings. The average Bonchev–Trinajstić information content (AvgIpc) is 3.01. The van der Waals surface area contributed by atoms with Crippen LogP contribution in [0, 0.1) is 28.6 Å². The Morgan fingerprint density at radius 1 is 1.09 bits per heavy atom. The van der Waals surface area contributed by atoms with Crippen molar-refractivity contribution < 1.29 is 43.3 Å². The number of aliphatic hydroxyl groups is 2. The highest BCUT2D eigenvalue weighted by molar-refractivity contribution is 6.42. The lowest BCUT2D eigenvalue weighted by atomic mass is 9.42. The number of benzene rings is 1. The summed E-state index contributed by atoms with van der Waals surface area (Å²) in [6, 6.07) is 10.2. The van der Waals surface area contributed by atoms with Crippen LogP contribution in [0.15, 0.2) is 41.5 Å². The monoisotopic (exact) mass is 656 g/mol. The second kappa shape index (κ2) is 13.2. The lowest BCUT2D eigenvalue weighted by molar-refractivity contribution is -0.341. The molecule has 3 aliphatic carbocycles. The number of hydrogen-bond donors (Lipinski definition) is 2. The fourth-order valence-corrected chi connectivity index (χ4v) is 9.64. The maximum Gasteiger partial charge on any atom is 0.338 e. The lowest BCUT2D eigenvalue weighted by Gasteiger charge is -2.68. The van der Waals surface area contributed by atoms with E-state index in [0.717, 1.165) is 12.1 Å². The van der Waals surface area contributed by atoms with Gasteiger partial charge in [0.2, 0.25) is 0 Å². The topological polar surface area (TPSA) is 136 Å². The van der Waals surface area contributed by atoms with Gasteiger partial charge in [-0.3, -0.25) is 9.59 Å². The highest BCUT2D eigenvalue weighted by Gasteiger charge is 2.77. The third-order valence-electron chi connectivity index (χ3n) is 11.7. The summed E-state index contributed by atoms with van der Waals surface area (Å²) in [5.74, 6) is -2.99. The molecule has 10 heteroatoms. The van der Waals surface area contributed by atoms with Crippen molar-refractivity contribution in [3.8, 4) is 0 Å². The van der Waals surface area contributed by atoms with Gasteiger partial charge in [-0.15, -0.1) is 0 Å². The van der Waals surface area contributed by atoms with Gasteiger partial charge >= 0.3 is 11.9 Å². The van der Waals surface area contributed by atoms with E-state index in [1.807, 2.05) is 55.4 Å². The van der Waals surface area contributed by atoms with E-state index < -0.39 is 72.8 Å². The highest BCUT2D eigenvalue weighted by atomic mass is 28.3. The summed E-state index contributed by atoms with van der Waals surface area (Å²) in [6.07, 6.45) is -1.82. The number of fused-ring (bicyclic) bond motifs is 5. The van der Waals surface area contributed by atoms with Gasteiger partial charge in [-0.2, -0.15) is 0 Å². The Morgan fingerprint density at radius 2 is 1.70 bits per heavy atom. The van der Waals surface area contributed by atoms with Gasteiger partial charge in [0.15, 0.2) is 5.60 Å². The number of ether oxygens (including phenoxy) is 3. The molecule has 1 heterocycles. The molecule has 2 bridgehead atoms. The van der Waals surface area contributed by atoms with E-state index in [0.29, 0.717) is 29.6 Å². The largest absolute Gasteiger partial charge is 0.455 e. The van der Waals surface area contributed by atoms with Gasteiger partial charge in [0.1, 0.15) is 23.6 Å². The number of Topliss-reactive ketones (excluding diaryl/α,β-unsaturated/α-hetero) is 1. The fourth-order valence-electron chi connectivity index (χ4n) is 9.14. The molecule has 2 saturated carbocycles. The Kier molecular flexibility index (Phi) is 10.4. The summed E-state index contributed by atoms with van der Waals surface area (Å²) in [5, 5.41) is 24.2. The molecule has 1 saturated heterocycles. The number of hydrogen-bond acceptors (Lipinski definition) is 9. The molecule has 5 rings (SSSR count). The Morgan fingerprint density at radius 3 is 2.17 bits per heavy atom. The first-order chi connectivity index (χ1) is 21.5. The number of carbonyl (C=O) groups excluding carboxylic acids is 3. The summed E-state index contributed by atoms with van der Waals surface area (Å²) >= 11 is 0. The van der Waals surface area contributed by atoms with E-state index in [1.165, 1.54) is 6.92 Å². The Balaban J connectivity index is 0.000000731. The molecular weight excluding hydrogens is 604 g/mol. The van der Waals surface area contributed by atoms with Crippen LogP contribution in [0.5, 0.6) is 0 Å². The molecule has 2 N–H and O–H groups in total. The van der Waals surface area contributed by atoms with E-state index in [1.54, 1.807) is 30.3 Å². The Labute approximate surface area is 274 Å². The van der Waals surface area contributed by atoms with Crippen molar-refractivity contribution in [1.29, 1.82) is 0 Å². The maximum atomic E-state index is 14.9. The minimum Gasteiger partial charge on any atom is -0.455 e. The Bertz CT molecular complexity index is 1380. The van der Waals surface area contributed by atoms with Crippen LogP contribution in [-0.4, -0.2) is 72.7 Å². The second-order valence-corrected chi connectivity index (χ2v) is 16.8. The fraction of sp³-hybridized carbons (Fsp3) is 0.694. The van der Waals surface area contributed by atoms with E-state index >= 15 is 0 Å². The molecule has 46 heavy (non-hydrogen) atoms. The van der Waals surface area contributed by atoms with Crippen LogP contribution < -0.4 is 0 Å². The summed E-state index contributed by atoms with van der Waals surface area (Å²) in [4.78, 5) is 41.2. The summed E-state index contributed by atoms with van der Waals surface area (Å²) < 4.78 is 28.8. The average molecular weight is 657 g/mol. The molecular formula is C36H52O9Si. The van der Waals surface area contributed by atoms with Gasteiger partial charge in [0, 0.05) is 30.1 Å². The van der Waals surface area contributed by atoms with Crippen molar-refractivity contribution in [2.45, 2.75) is 123 Å². The first-order valence-corrected chi connectivity index (χ1v) is 18.5. The van der Waals surface area contributed by atoms with Crippen molar-refractivity contribution in [3.05, 3.63) is 47.0 Å². The first-order valence-electron chi connectivity index (χ1n) is 16.7. The van der Waals surface area contributed by atoms with Gasteiger partial charge in [-0.25, -0.2) is 4.79 Å². The maximum absolute atomic E-state index is 14.9. The predicted molar refractivity (Wildman–Crippen MR) is 174 cm³/mol. The van der Waals surface area contributed by atoms with Gasteiger partial charge in [-0.05, 0) is 54.6 Å². The molecule has 0 radical (unpaired) electrons. The van der Waals surface area contributed by atoms with E-state index in [9.17, 15) is 29.1 Å². The zero-order chi connectivity index (χ0) is 34.4. The molecule has 9 nitrogen and oxygen atoms in total. The molecule has 1 aromatic carbocycles. The van der Waals surface area contributed by atoms with Crippen LogP contribution >= 0.6 is 0 Å². The molecule has 0 amide bonds. The minimum absolute atomic E-state index is 0.0236. The normalized spacial score (nSPS) is 37.6. The molecule has 1 unspecified atom stereocenters. The lowest BCUT2D eigenvalue weighted by Crippen LogP contribution is -2.80. The standard InChI is InChI=1S/C32H42O8.C4H10OSi/c1-8-21-14-23-31(16-38-23,40-19(4)33)25-27(39-28(36)20-12-10-9-11-13-20)32(37)15-22(34)17(2)24(29(32,5)6)18(3)26(35)30(21,25)7;1-3-6(5)4-2/h9-13,18,21-23,25,27,34,37H,8,14-16H2,1-7H3;3-4H2,1-2H3/t18-,21+,22+,23-,25?,27+,30-,31+,32-;/m1./s1. The molecule has 254 valence electrons.